The quantitative estimate of drug-likeness (QED) is 0.706. The molecule has 1 saturated heterocycles. The van der Waals surface area contributed by atoms with Crippen molar-refractivity contribution in [3.8, 4) is 10.8 Å². The molecular weight excluding hydrogens is 334 g/mol. The maximum absolute atomic E-state index is 12.4. The second-order valence-electron chi connectivity index (χ2n) is 6.29. The highest BCUT2D eigenvalue weighted by Crippen LogP contribution is 2.33. The number of carbonyl (C=O) groups excluding carboxylic acids is 1. The Hall–Kier alpha value is -2.47. The van der Waals surface area contributed by atoms with Crippen molar-refractivity contribution in [1.29, 1.82) is 0 Å². The summed E-state index contributed by atoms with van der Waals surface area (Å²) in [5, 5.41) is 4.12. The maximum atomic E-state index is 12.4. The number of amides is 1. The first-order chi connectivity index (χ1) is 12.1. The molecule has 0 spiro atoms. The molecule has 1 amide bonds. The lowest BCUT2D eigenvalue weighted by atomic mass is 10.1. The third kappa shape index (κ3) is 3.09. The van der Waals surface area contributed by atoms with Crippen LogP contribution in [0, 0.1) is 6.92 Å². The number of hydrogen-bond donors (Lipinski definition) is 0. The van der Waals surface area contributed by atoms with Gasteiger partial charge in [-0.2, -0.15) is 4.98 Å². The van der Waals surface area contributed by atoms with Crippen LogP contribution >= 0.6 is 11.3 Å². The fourth-order valence-corrected chi connectivity index (χ4v) is 3.88. The Kier molecular flexibility index (Phi) is 4.13. The summed E-state index contributed by atoms with van der Waals surface area (Å²) in [5.41, 5.74) is 2.20. The van der Waals surface area contributed by atoms with Crippen molar-refractivity contribution in [2.45, 2.75) is 32.6 Å². The van der Waals surface area contributed by atoms with Gasteiger partial charge in [-0.3, -0.25) is 4.79 Å². The fraction of sp³-hybridized carbons (Fsp3) is 0.316. The van der Waals surface area contributed by atoms with E-state index >= 15 is 0 Å². The SMILES string of the molecule is CCc1ccc(N2C[C@@H](c3noc(-c4ccc(C)s4)n3)CC2=O)cc1. The monoisotopic (exact) mass is 353 g/mol. The molecule has 5 nitrogen and oxygen atoms in total. The van der Waals surface area contributed by atoms with Gasteiger partial charge in [0.1, 0.15) is 0 Å². The molecule has 1 fully saturated rings. The van der Waals surface area contributed by atoms with Gasteiger partial charge in [0.2, 0.25) is 5.91 Å². The lowest BCUT2D eigenvalue weighted by Crippen LogP contribution is -2.24. The summed E-state index contributed by atoms with van der Waals surface area (Å²) in [6.07, 6.45) is 1.41. The first-order valence-electron chi connectivity index (χ1n) is 8.43. The summed E-state index contributed by atoms with van der Waals surface area (Å²) in [6.45, 7) is 4.75. The Morgan fingerprint density at radius 3 is 2.72 bits per heavy atom. The molecule has 1 aliphatic rings. The van der Waals surface area contributed by atoms with Crippen LogP contribution in [0.25, 0.3) is 10.8 Å². The van der Waals surface area contributed by atoms with Crippen LogP contribution in [0.5, 0.6) is 0 Å². The van der Waals surface area contributed by atoms with Crippen LogP contribution < -0.4 is 4.90 Å². The molecule has 3 heterocycles. The van der Waals surface area contributed by atoms with E-state index in [9.17, 15) is 4.79 Å². The molecule has 0 unspecified atom stereocenters. The average Bonchev–Trinajstić information content (AvgIpc) is 3.34. The topological polar surface area (TPSA) is 59.2 Å². The van der Waals surface area contributed by atoms with E-state index in [4.69, 9.17) is 4.52 Å². The predicted octanol–water partition coefficient (Wildman–Crippen LogP) is 4.19. The molecule has 3 aromatic rings. The number of anilines is 1. The first-order valence-corrected chi connectivity index (χ1v) is 9.25. The highest BCUT2D eigenvalue weighted by atomic mass is 32.1. The summed E-state index contributed by atoms with van der Waals surface area (Å²) < 4.78 is 5.40. The van der Waals surface area contributed by atoms with Crippen molar-refractivity contribution >= 4 is 22.9 Å². The molecule has 4 rings (SSSR count). The van der Waals surface area contributed by atoms with E-state index in [2.05, 4.69) is 29.2 Å². The Balaban J connectivity index is 1.53. The van der Waals surface area contributed by atoms with Crippen molar-refractivity contribution in [3.63, 3.8) is 0 Å². The molecule has 0 N–H and O–H groups in total. The number of nitrogens with zero attached hydrogens (tertiary/aromatic N) is 3. The third-order valence-corrected chi connectivity index (χ3v) is 5.53. The highest BCUT2D eigenvalue weighted by Gasteiger charge is 2.34. The maximum Gasteiger partial charge on any atom is 0.268 e. The van der Waals surface area contributed by atoms with Crippen LogP contribution in [0.2, 0.25) is 0 Å². The van der Waals surface area contributed by atoms with E-state index in [1.54, 1.807) is 11.3 Å². The van der Waals surface area contributed by atoms with Crippen molar-refractivity contribution in [1.82, 2.24) is 10.1 Å². The molecule has 0 bridgehead atoms. The Labute approximate surface area is 150 Å². The van der Waals surface area contributed by atoms with E-state index in [0.717, 1.165) is 17.0 Å². The second kappa shape index (κ2) is 6.44. The van der Waals surface area contributed by atoms with Gasteiger partial charge in [-0.25, -0.2) is 0 Å². The van der Waals surface area contributed by atoms with E-state index < -0.39 is 0 Å². The van der Waals surface area contributed by atoms with Crippen LogP contribution in [-0.2, 0) is 11.2 Å². The van der Waals surface area contributed by atoms with Gasteiger partial charge in [0.25, 0.3) is 5.89 Å². The fourth-order valence-electron chi connectivity index (χ4n) is 3.09. The summed E-state index contributed by atoms with van der Waals surface area (Å²) in [6, 6.07) is 12.2. The van der Waals surface area contributed by atoms with Gasteiger partial charge in [-0.05, 0) is 43.2 Å². The number of aryl methyl sites for hydroxylation is 2. The van der Waals surface area contributed by atoms with Gasteiger partial charge in [0, 0.05) is 29.4 Å². The van der Waals surface area contributed by atoms with E-state index in [-0.39, 0.29) is 11.8 Å². The van der Waals surface area contributed by atoms with Gasteiger partial charge in [-0.15, -0.1) is 11.3 Å². The minimum atomic E-state index is -0.0306. The molecule has 0 aliphatic carbocycles. The molecule has 0 radical (unpaired) electrons. The standard InChI is InChI=1S/C19H19N3O2S/c1-3-13-5-7-15(8-6-13)22-11-14(10-17(22)23)18-20-19(24-21-18)16-9-4-12(2)25-16/h4-9,14H,3,10-11H2,1-2H3/t14-/m0/s1. The van der Waals surface area contributed by atoms with Gasteiger partial charge >= 0.3 is 0 Å². The van der Waals surface area contributed by atoms with Crippen LogP contribution in [0.15, 0.2) is 40.9 Å². The van der Waals surface area contributed by atoms with E-state index in [1.807, 2.05) is 36.1 Å². The molecule has 1 aliphatic heterocycles. The lowest BCUT2D eigenvalue weighted by molar-refractivity contribution is -0.117. The number of thiophene rings is 1. The average molecular weight is 353 g/mol. The predicted molar refractivity (Wildman–Crippen MR) is 97.9 cm³/mol. The summed E-state index contributed by atoms with van der Waals surface area (Å²) in [7, 11) is 0. The Morgan fingerprint density at radius 1 is 1.24 bits per heavy atom. The molecular formula is C19H19N3O2S. The van der Waals surface area contributed by atoms with Crippen LogP contribution in [-0.4, -0.2) is 22.6 Å². The second-order valence-corrected chi connectivity index (χ2v) is 7.58. The zero-order valence-electron chi connectivity index (χ0n) is 14.2. The normalized spacial score (nSPS) is 17.4. The first kappa shape index (κ1) is 16.0. The molecule has 128 valence electrons. The third-order valence-electron chi connectivity index (χ3n) is 4.54. The minimum absolute atomic E-state index is 0.0306. The summed E-state index contributed by atoms with van der Waals surface area (Å²) in [5.74, 6) is 1.22. The smallest absolute Gasteiger partial charge is 0.268 e. The summed E-state index contributed by atoms with van der Waals surface area (Å²) >= 11 is 1.62. The van der Waals surface area contributed by atoms with Crippen LogP contribution in [0.4, 0.5) is 5.69 Å². The largest absolute Gasteiger partial charge is 0.333 e. The van der Waals surface area contributed by atoms with Gasteiger partial charge < -0.3 is 9.42 Å². The number of carbonyl (C=O) groups is 1. The van der Waals surface area contributed by atoms with E-state index in [1.165, 1.54) is 10.4 Å². The summed E-state index contributed by atoms with van der Waals surface area (Å²) in [4.78, 5) is 20.9. The Bertz CT molecular complexity index is 898. The zero-order chi connectivity index (χ0) is 17.4. The Morgan fingerprint density at radius 2 is 2.04 bits per heavy atom. The number of rotatable bonds is 4. The molecule has 0 saturated carbocycles. The molecule has 25 heavy (non-hydrogen) atoms. The lowest BCUT2D eigenvalue weighted by Gasteiger charge is -2.16. The van der Waals surface area contributed by atoms with Gasteiger partial charge in [0.05, 0.1) is 4.88 Å². The van der Waals surface area contributed by atoms with Crippen molar-refractivity contribution in [2.75, 3.05) is 11.4 Å². The van der Waals surface area contributed by atoms with Crippen molar-refractivity contribution < 1.29 is 9.32 Å². The number of hydrogen-bond acceptors (Lipinski definition) is 5. The van der Waals surface area contributed by atoms with Crippen LogP contribution in [0.3, 0.4) is 0 Å². The molecule has 6 heteroatoms. The minimum Gasteiger partial charge on any atom is -0.333 e. The van der Waals surface area contributed by atoms with Crippen molar-refractivity contribution in [2.24, 2.45) is 0 Å². The van der Waals surface area contributed by atoms with Crippen molar-refractivity contribution in [3.05, 3.63) is 52.7 Å². The van der Waals surface area contributed by atoms with Gasteiger partial charge in [0.15, 0.2) is 5.82 Å². The number of benzene rings is 1. The van der Waals surface area contributed by atoms with Crippen LogP contribution in [0.1, 0.15) is 35.5 Å². The highest BCUT2D eigenvalue weighted by molar-refractivity contribution is 7.15. The molecule has 1 aromatic carbocycles. The van der Waals surface area contributed by atoms with E-state index in [0.29, 0.717) is 24.7 Å². The van der Waals surface area contributed by atoms with Gasteiger partial charge in [-0.1, -0.05) is 24.2 Å². The molecule has 1 atom stereocenters. The molecule has 2 aromatic heterocycles. The number of aromatic nitrogens is 2. The zero-order valence-corrected chi connectivity index (χ0v) is 15.0.